The largest absolute Gasteiger partial charge is 0.365 e. The van der Waals surface area contributed by atoms with Crippen molar-refractivity contribution < 1.29 is 14.0 Å². The van der Waals surface area contributed by atoms with Gasteiger partial charge in [0.25, 0.3) is 0 Å². The molecule has 1 atom stereocenters. The summed E-state index contributed by atoms with van der Waals surface area (Å²) in [6.45, 7) is 4.70. The van der Waals surface area contributed by atoms with Gasteiger partial charge in [0.15, 0.2) is 23.1 Å². The number of hydrogen-bond acceptors (Lipinski definition) is 6. The van der Waals surface area contributed by atoms with Crippen LogP contribution in [0, 0.1) is 23.2 Å². The van der Waals surface area contributed by atoms with Crippen LogP contribution in [-0.4, -0.2) is 36.6 Å². The second kappa shape index (κ2) is 10.3. The molecule has 2 saturated carbocycles. The van der Waals surface area contributed by atoms with E-state index in [1.165, 1.54) is 18.6 Å². The molecule has 5 rings (SSSR count). The van der Waals surface area contributed by atoms with Gasteiger partial charge in [0, 0.05) is 18.2 Å². The van der Waals surface area contributed by atoms with Crippen molar-refractivity contribution in [3.63, 3.8) is 0 Å². The van der Waals surface area contributed by atoms with Crippen LogP contribution >= 0.6 is 0 Å². The molecule has 37 heavy (non-hydrogen) atoms. The van der Waals surface area contributed by atoms with Gasteiger partial charge in [-0.15, -0.1) is 0 Å². The van der Waals surface area contributed by atoms with Crippen LogP contribution in [-0.2, 0) is 12.5 Å². The summed E-state index contributed by atoms with van der Waals surface area (Å²) in [5.74, 6) is -2.54. The molecule has 198 valence electrons. The minimum atomic E-state index is -3.36. The molecule has 4 N–H and O–H groups in total. The van der Waals surface area contributed by atoms with Gasteiger partial charge in [-0.25, -0.2) is 20.4 Å². The van der Waals surface area contributed by atoms with Gasteiger partial charge in [-0.3, -0.25) is 10.6 Å². The van der Waals surface area contributed by atoms with Crippen LogP contribution in [0.3, 0.4) is 0 Å². The summed E-state index contributed by atoms with van der Waals surface area (Å²) >= 11 is 0. The number of anilines is 1. The number of nitrogens with zero attached hydrogens (tertiary/aromatic N) is 4. The van der Waals surface area contributed by atoms with Crippen molar-refractivity contribution in [1.29, 1.82) is 5.41 Å². The molecular formula is C27H35F2N7O. The third kappa shape index (κ3) is 5.03. The molecule has 2 fully saturated rings. The number of hydroxylamine groups is 1. The first kappa shape index (κ1) is 25.5. The lowest BCUT2D eigenvalue weighted by atomic mass is 9.80. The number of fused-ring (bicyclic) bond motifs is 1. The van der Waals surface area contributed by atoms with Crippen LogP contribution in [0.5, 0.6) is 0 Å². The molecule has 2 heterocycles. The van der Waals surface area contributed by atoms with Crippen LogP contribution < -0.4 is 10.8 Å². The highest BCUT2D eigenvalue weighted by Crippen LogP contribution is 2.40. The zero-order valence-electron chi connectivity index (χ0n) is 21.3. The van der Waals surface area contributed by atoms with E-state index in [0.717, 1.165) is 38.5 Å². The molecule has 0 amide bonds. The van der Waals surface area contributed by atoms with Crippen LogP contribution in [0.4, 0.5) is 14.6 Å². The second-order valence-electron chi connectivity index (χ2n) is 10.8. The van der Waals surface area contributed by atoms with Crippen molar-refractivity contribution in [2.45, 2.75) is 77.3 Å². The molecule has 0 spiro atoms. The maximum atomic E-state index is 16.1. The normalized spacial score (nSPS) is 21.4. The van der Waals surface area contributed by atoms with Crippen molar-refractivity contribution >= 4 is 22.8 Å². The van der Waals surface area contributed by atoms with Gasteiger partial charge in [-0.1, -0.05) is 56.5 Å². The van der Waals surface area contributed by atoms with E-state index < -0.39 is 11.8 Å². The Hall–Kier alpha value is -3.14. The molecule has 1 aromatic carbocycles. The average Bonchev–Trinajstić information content (AvgIpc) is 3.23. The maximum absolute atomic E-state index is 16.1. The summed E-state index contributed by atoms with van der Waals surface area (Å²) in [4.78, 5) is 13.2. The number of benzene rings is 1. The monoisotopic (exact) mass is 511 g/mol. The number of nitrogens with one attached hydrogen (secondary N) is 3. The molecule has 0 unspecified atom stereocenters. The minimum absolute atomic E-state index is 0.0629. The van der Waals surface area contributed by atoms with E-state index in [4.69, 9.17) is 5.41 Å². The number of amidine groups is 1. The molecule has 2 aromatic heterocycles. The average molecular weight is 512 g/mol. The number of alkyl halides is 2. The van der Waals surface area contributed by atoms with Gasteiger partial charge in [-0.2, -0.15) is 8.78 Å². The van der Waals surface area contributed by atoms with Crippen molar-refractivity contribution in [3.8, 4) is 0 Å². The first-order chi connectivity index (χ1) is 17.8. The van der Waals surface area contributed by atoms with Gasteiger partial charge in [0.1, 0.15) is 5.52 Å². The predicted octanol–water partition coefficient (Wildman–Crippen LogP) is 5.70. The Balaban J connectivity index is 1.67. The summed E-state index contributed by atoms with van der Waals surface area (Å²) in [5.41, 5.74) is 2.13. The summed E-state index contributed by atoms with van der Waals surface area (Å²) in [5, 5.41) is 20.8. The third-order valence-corrected chi connectivity index (χ3v) is 8.15. The van der Waals surface area contributed by atoms with Crippen LogP contribution in [0.25, 0.3) is 11.2 Å². The zero-order valence-corrected chi connectivity index (χ0v) is 21.3. The quantitative estimate of drug-likeness (QED) is 0.175. The lowest BCUT2D eigenvalue weighted by molar-refractivity contribution is 0.0282. The van der Waals surface area contributed by atoms with E-state index in [2.05, 4.69) is 34.1 Å². The minimum Gasteiger partial charge on any atom is -0.365 e. The fourth-order valence-electron chi connectivity index (χ4n) is 5.54. The summed E-state index contributed by atoms with van der Waals surface area (Å²) < 4.78 is 33.7. The Morgan fingerprint density at radius 3 is 2.43 bits per heavy atom. The van der Waals surface area contributed by atoms with Crippen molar-refractivity contribution in [1.82, 2.24) is 25.0 Å². The van der Waals surface area contributed by atoms with E-state index in [-0.39, 0.29) is 34.8 Å². The molecule has 0 aliphatic heterocycles. The van der Waals surface area contributed by atoms with Gasteiger partial charge in [-0.05, 0) is 50.4 Å². The predicted molar refractivity (Wildman–Crippen MR) is 138 cm³/mol. The van der Waals surface area contributed by atoms with Crippen LogP contribution in [0.15, 0.2) is 30.3 Å². The molecular weight excluding hydrogens is 476 g/mol. The summed E-state index contributed by atoms with van der Waals surface area (Å²) in [6.07, 6.45) is 7.45. The van der Waals surface area contributed by atoms with E-state index in [1.54, 1.807) is 28.2 Å². The van der Waals surface area contributed by atoms with E-state index in [1.807, 2.05) is 0 Å². The topological polar surface area (TPSA) is 112 Å². The van der Waals surface area contributed by atoms with Gasteiger partial charge < -0.3 is 9.88 Å². The van der Waals surface area contributed by atoms with Gasteiger partial charge in [0.2, 0.25) is 5.82 Å². The second-order valence-corrected chi connectivity index (χ2v) is 10.8. The fourth-order valence-corrected chi connectivity index (χ4v) is 5.54. The van der Waals surface area contributed by atoms with Gasteiger partial charge >= 0.3 is 5.92 Å². The molecule has 0 saturated heterocycles. The van der Waals surface area contributed by atoms with E-state index >= 15 is 8.78 Å². The molecule has 2 aliphatic carbocycles. The molecule has 8 nitrogen and oxygen atoms in total. The number of halogens is 2. The first-order valence-corrected chi connectivity index (χ1v) is 13.3. The highest BCUT2D eigenvalue weighted by Gasteiger charge is 2.41. The highest BCUT2D eigenvalue weighted by atomic mass is 19.3. The summed E-state index contributed by atoms with van der Waals surface area (Å²) in [6, 6.07) is 7.78. The van der Waals surface area contributed by atoms with Crippen LogP contribution in [0.1, 0.15) is 76.0 Å². The lowest BCUT2D eigenvalue weighted by Crippen LogP contribution is -2.32. The molecule has 10 heteroatoms. The first-order valence-electron chi connectivity index (χ1n) is 13.3. The summed E-state index contributed by atoms with van der Waals surface area (Å²) in [7, 11) is 0. The van der Waals surface area contributed by atoms with E-state index in [9.17, 15) is 5.21 Å². The van der Waals surface area contributed by atoms with Crippen LogP contribution in [0.2, 0.25) is 0 Å². The Morgan fingerprint density at radius 2 is 1.81 bits per heavy atom. The van der Waals surface area contributed by atoms with Gasteiger partial charge in [0.05, 0.1) is 0 Å². The highest BCUT2D eigenvalue weighted by molar-refractivity contribution is 5.95. The third-order valence-electron chi connectivity index (χ3n) is 8.15. The molecule has 0 radical (unpaired) electrons. The fraction of sp³-hybridized carbons (Fsp3) is 0.556. The van der Waals surface area contributed by atoms with E-state index in [0.29, 0.717) is 29.7 Å². The number of hydrogen-bond donors (Lipinski definition) is 4. The molecule has 3 aromatic rings. The molecule has 2 aliphatic rings. The Bertz CT molecular complexity index is 1250. The molecule has 0 bridgehead atoms. The van der Waals surface area contributed by atoms with Crippen molar-refractivity contribution in [3.05, 3.63) is 47.5 Å². The van der Waals surface area contributed by atoms with Crippen molar-refractivity contribution in [2.75, 3.05) is 5.32 Å². The SMILES string of the molecule is CC1CCC(Cn2c(C(F)(F)c3ccccc3)nc3nc(C(=N)NO)nc(N[C@H](C)C4CCC4)c32)CC1. The maximum Gasteiger partial charge on any atom is 0.330 e. The standard InChI is InChI=1S/C27H35F2N7O/c1-16-11-13-18(14-12-16)15-36-21-23(31-17(2)19-7-6-8-19)32-25(22(30)35-37)33-24(21)34-26(36)27(28,29)20-9-4-3-5-10-20/h3-5,9-10,16-19,37H,6-8,11-15H2,1-2H3,(H2,30,35)(H,31,32,33)/t16?,17-,18?/m1/s1. The number of aromatic nitrogens is 4. The smallest absolute Gasteiger partial charge is 0.330 e. The number of imidazole rings is 1. The Labute approximate surface area is 215 Å². The lowest BCUT2D eigenvalue weighted by Gasteiger charge is -2.32. The Morgan fingerprint density at radius 1 is 1.11 bits per heavy atom. The van der Waals surface area contributed by atoms with Crippen molar-refractivity contribution in [2.24, 2.45) is 17.8 Å². The number of rotatable bonds is 8. The zero-order chi connectivity index (χ0) is 26.2. The Kier molecular flexibility index (Phi) is 7.11.